The van der Waals surface area contributed by atoms with E-state index in [0.717, 1.165) is 16.8 Å². The largest absolute Gasteiger partial charge is 0.476 e. The Morgan fingerprint density at radius 2 is 2.18 bits per heavy atom. The summed E-state index contributed by atoms with van der Waals surface area (Å²) in [7, 11) is 1.63. The zero-order chi connectivity index (χ0) is 12.6. The number of aromatic carboxylic acids is 1. The van der Waals surface area contributed by atoms with Gasteiger partial charge in [0.1, 0.15) is 6.04 Å². The molecule has 1 aromatic heterocycles. The second kappa shape index (κ2) is 4.00. The SMILES string of the molecule is CN1CCC(n2nc(C(=O)O)ccc2=O)C1=O. The van der Waals surface area contributed by atoms with Crippen LogP contribution in [0.4, 0.5) is 0 Å². The normalized spacial score (nSPS) is 19.7. The van der Waals surface area contributed by atoms with Crippen LogP contribution in [-0.4, -0.2) is 45.3 Å². The molecule has 0 aromatic carbocycles. The van der Waals surface area contributed by atoms with Crippen LogP contribution in [0.5, 0.6) is 0 Å². The molecular weight excluding hydrogens is 226 g/mol. The summed E-state index contributed by atoms with van der Waals surface area (Å²) in [6, 6.07) is 1.55. The molecule has 1 saturated heterocycles. The molecule has 7 heteroatoms. The monoisotopic (exact) mass is 237 g/mol. The van der Waals surface area contributed by atoms with Crippen molar-refractivity contribution in [3.63, 3.8) is 0 Å². The highest BCUT2D eigenvalue weighted by Crippen LogP contribution is 2.19. The van der Waals surface area contributed by atoms with Crippen molar-refractivity contribution in [2.45, 2.75) is 12.5 Å². The lowest BCUT2D eigenvalue weighted by Gasteiger charge is -2.12. The topological polar surface area (TPSA) is 92.5 Å². The smallest absolute Gasteiger partial charge is 0.356 e. The summed E-state index contributed by atoms with van der Waals surface area (Å²) in [5.41, 5.74) is -0.712. The lowest BCUT2D eigenvalue weighted by Crippen LogP contribution is -2.33. The number of likely N-dealkylation sites (tertiary alicyclic amines) is 1. The average Bonchev–Trinajstić information content (AvgIpc) is 2.60. The number of carboxylic acids is 1. The molecule has 1 aromatic rings. The Balaban J connectivity index is 2.45. The molecule has 0 radical (unpaired) electrons. The summed E-state index contributed by atoms with van der Waals surface area (Å²) in [5, 5.41) is 12.5. The molecule has 0 bridgehead atoms. The van der Waals surface area contributed by atoms with Gasteiger partial charge in [-0.1, -0.05) is 0 Å². The Morgan fingerprint density at radius 1 is 1.47 bits per heavy atom. The molecule has 0 spiro atoms. The molecule has 1 unspecified atom stereocenters. The molecule has 90 valence electrons. The van der Waals surface area contributed by atoms with Crippen LogP contribution in [0.25, 0.3) is 0 Å². The molecule has 2 rings (SSSR count). The highest BCUT2D eigenvalue weighted by Gasteiger charge is 2.32. The summed E-state index contributed by atoms with van der Waals surface area (Å²) in [5.74, 6) is -1.44. The van der Waals surface area contributed by atoms with Crippen molar-refractivity contribution < 1.29 is 14.7 Å². The Labute approximate surface area is 96.3 Å². The number of nitrogens with zero attached hydrogens (tertiary/aromatic N) is 3. The van der Waals surface area contributed by atoms with E-state index < -0.39 is 17.6 Å². The standard InChI is InChI=1S/C10H11N3O4/c1-12-5-4-7(9(12)15)13-8(14)3-2-6(11-13)10(16)17/h2-3,7H,4-5H2,1H3,(H,16,17). The fourth-order valence-electron chi connectivity index (χ4n) is 1.79. The van der Waals surface area contributed by atoms with Gasteiger partial charge < -0.3 is 10.0 Å². The van der Waals surface area contributed by atoms with Gasteiger partial charge in [-0.2, -0.15) is 5.10 Å². The first-order valence-electron chi connectivity index (χ1n) is 5.09. The predicted molar refractivity (Wildman–Crippen MR) is 56.7 cm³/mol. The molecule has 0 saturated carbocycles. The molecule has 17 heavy (non-hydrogen) atoms. The maximum atomic E-state index is 11.7. The summed E-state index contributed by atoms with van der Waals surface area (Å²) in [6.07, 6.45) is 0.464. The van der Waals surface area contributed by atoms with E-state index in [0.29, 0.717) is 13.0 Å². The molecule has 1 N–H and O–H groups in total. The molecule has 2 heterocycles. The van der Waals surface area contributed by atoms with Gasteiger partial charge in [0.25, 0.3) is 5.56 Å². The van der Waals surface area contributed by atoms with Crippen LogP contribution < -0.4 is 5.56 Å². The molecule has 1 amide bonds. The molecule has 7 nitrogen and oxygen atoms in total. The first-order valence-corrected chi connectivity index (χ1v) is 5.09. The van der Waals surface area contributed by atoms with Crippen LogP contribution in [0.3, 0.4) is 0 Å². The van der Waals surface area contributed by atoms with E-state index in [1.807, 2.05) is 0 Å². The lowest BCUT2D eigenvalue weighted by atomic mass is 10.2. The van der Waals surface area contributed by atoms with E-state index in [-0.39, 0.29) is 11.6 Å². The zero-order valence-corrected chi connectivity index (χ0v) is 9.16. The first kappa shape index (κ1) is 11.3. The Hall–Kier alpha value is -2.18. The van der Waals surface area contributed by atoms with Crippen LogP contribution >= 0.6 is 0 Å². The van der Waals surface area contributed by atoms with Crippen molar-refractivity contribution in [1.82, 2.24) is 14.7 Å². The van der Waals surface area contributed by atoms with Gasteiger partial charge in [-0.15, -0.1) is 0 Å². The number of likely N-dealkylation sites (N-methyl/N-ethyl adjacent to an activating group) is 1. The minimum Gasteiger partial charge on any atom is -0.476 e. The molecule has 1 atom stereocenters. The number of hydrogen-bond acceptors (Lipinski definition) is 4. The maximum absolute atomic E-state index is 11.7. The fraction of sp³-hybridized carbons (Fsp3) is 0.400. The van der Waals surface area contributed by atoms with Crippen LogP contribution in [0.2, 0.25) is 0 Å². The summed E-state index contributed by atoms with van der Waals surface area (Å²) < 4.78 is 0.954. The lowest BCUT2D eigenvalue weighted by molar-refractivity contribution is -0.129. The number of carbonyl (C=O) groups is 2. The molecule has 1 aliphatic heterocycles. The fourth-order valence-corrected chi connectivity index (χ4v) is 1.79. The summed E-state index contributed by atoms with van der Waals surface area (Å²) >= 11 is 0. The van der Waals surface area contributed by atoms with Crippen molar-refractivity contribution >= 4 is 11.9 Å². The third-order valence-corrected chi connectivity index (χ3v) is 2.74. The molecule has 0 aliphatic carbocycles. The Kier molecular flexibility index (Phi) is 2.66. The van der Waals surface area contributed by atoms with Gasteiger partial charge in [0.15, 0.2) is 5.69 Å². The van der Waals surface area contributed by atoms with E-state index >= 15 is 0 Å². The Morgan fingerprint density at radius 3 is 2.71 bits per heavy atom. The number of carbonyl (C=O) groups excluding carboxylic acids is 1. The van der Waals surface area contributed by atoms with Gasteiger partial charge in [0.05, 0.1) is 0 Å². The average molecular weight is 237 g/mol. The summed E-state index contributed by atoms with van der Waals surface area (Å²) in [6.45, 7) is 0.537. The zero-order valence-electron chi connectivity index (χ0n) is 9.16. The van der Waals surface area contributed by atoms with Gasteiger partial charge in [0.2, 0.25) is 5.91 Å². The predicted octanol–water partition coefficient (Wildman–Crippen LogP) is -0.655. The third-order valence-electron chi connectivity index (χ3n) is 2.74. The number of carboxylic acid groups (broad SMARTS) is 1. The highest BCUT2D eigenvalue weighted by molar-refractivity contribution is 5.85. The number of amides is 1. The van der Waals surface area contributed by atoms with Gasteiger partial charge in [-0.3, -0.25) is 9.59 Å². The second-order valence-corrected chi connectivity index (χ2v) is 3.87. The second-order valence-electron chi connectivity index (χ2n) is 3.87. The third kappa shape index (κ3) is 1.91. The van der Waals surface area contributed by atoms with Gasteiger partial charge >= 0.3 is 5.97 Å². The first-order chi connectivity index (χ1) is 8.00. The minimum atomic E-state index is -1.22. The van der Waals surface area contributed by atoms with Gasteiger partial charge in [-0.05, 0) is 12.5 Å². The number of aromatic nitrogens is 2. The highest BCUT2D eigenvalue weighted by atomic mass is 16.4. The minimum absolute atomic E-state index is 0.220. The maximum Gasteiger partial charge on any atom is 0.356 e. The van der Waals surface area contributed by atoms with E-state index in [4.69, 9.17) is 5.11 Å². The quantitative estimate of drug-likeness (QED) is 0.737. The summed E-state index contributed by atoms with van der Waals surface area (Å²) in [4.78, 5) is 35.5. The van der Waals surface area contributed by atoms with Crippen molar-refractivity contribution in [2.24, 2.45) is 0 Å². The van der Waals surface area contributed by atoms with Gasteiger partial charge in [0, 0.05) is 19.7 Å². The van der Waals surface area contributed by atoms with E-state index in [2.05, 4.69) is 5.10 Å². The number of hydrogen-bond donors (Lipinski definition) is 1. The molecule has 1 fully saturated rings. The van der Waals surface area contributed by atoms with E-state index in [1.165, 1.54) is 4.90 Å². The molecular formula is C10H11N3O4. The van der Waals surface area contributed by atoms with Crippen molar-refractivity contribution in [3.8, 4) is 0 Å². The van der Waals surface area contributed by atoms with Gasteiger partial charge in [-0.25, -0.2) is 9.48 Å². The van der Waals surface area contributed by atoms with Crippen molar-refractivity contribution in [1.29, 1.82) is 0 Å². The van der Waals surface area contributed by atoms with Crippen LogP contribution in [-0.2, 0) is 4.79 Å². The van der Waals surface area contributed by atoms with Crippen LogP contribution in [0, 0.1) is 0 Å². The van der Waals surface area contributed by atoms with E-state index in [1.54, 1.807) is 7.05 Å². The van der Waals surface area contributed by atoms with Crippen LogP contribution in [0.15, 0.2) is 16.9 Å². The van der Waals surface area contributed by atoms with Crippen molar-refractivity contribution in [2.75, 3.05) is 13.6 Å². The Bertz CT molecular complexity index is 537. The number of rotatable bonds is 2. The van der Waals surface area contributed by atoms with Crippen LogP contribution in [0.1, 0.15) is 23.0 Å². The van der Waals surface area contributed by atoms with E-state index in [9.17, 15) is 14.4 Å². The van der Waals surface area contributed by atoms with Crippen molar-refractivity contribution in [3.05, 3.63) is 28.2 Å². The molecule has 1 aliphatic rings.